The number of methoxy groups -OCH3 is 1. The second-order valence-corrected chi connectivity index (χ2v) is 8.17. The van der Waals surface area contributed by atoms with Crippen LogP contribution >= 0.6 is 11.8 Å². The van der Waals surface area contributed by atoms with Crippen LogP contribution in [0.5, 0.6) is 5.75 Å². The summed E-state index contributed by atoms with van der Waals surface area (Å²) in [5, 5.41) is 5.92. The van der Waals surface area contributed by atoms with E-state index in [2.05, 4.69) is 17.6 Å². The largest absolute Gasteiger partial charge is 0.497 e. The second-order valence-electron chi connectivity index (χ2n) is 7.19. The first kappa shape index (κ1) is 21.6. The number of hydrogen-bond acceptors (Lipinski definition) is 4. The van der Waals surface area contributed by atoms with Crippen molar-refractivity contribution >= 4 is 29.3 Å². The normalized spacial score (nSPS) is 20.6. The lowest BCUT2D eigenvalue weighted by molar-refractivity contribution is -0.130. The van der Waals surface area contributed by atoms with Crippen molar-refractivity contribution in [3.8, 4) is 5.75 Å². The molecule has 1 saturated carbocycles. The first-order valence-electron chi connectivity index (χ1n) is 9.81. The van der Waals surface area contributed by atoms with Gasteiger partial charge in [0.15, 0.2) is 0 Å². The van der Waals surface area contributed by atoms with Gasteiger partial charge in [-0.3, -0.25) is 9.59 Å². The van der Waals surface area contributed by atoms with Crippen LogP contribution in [0.15, 0.2) is 24.3 Å². The van der Waals surface area contributed by atoms with E-state index in [-0.39, 0.29) is 17.7 Å². The van der Waals surface area contributed by atoms with Crippen molar-refractivity contribution in [1.82, 2.24) is 5.32 Å². The average molecular weight is 393 g/mol. The highest BCUT2D eigenvalue weighted by molar-refractivity contribution is 7.98. The number of benzene rings is 1. The summed E-state index contributed by atoms with van der Waals surface area (Å²) in [6, 6.07) is 6.71. The molecule has 0 saturated heterocycles. The quantitative estimate of drug-likeness (QED) is 0.664. The monoisotopic (exact) mass is 392 g/mol. The molecule has 1 fully saturated rings. The van der Waals surface area contributed by atoms with E-state index in [0.717, 1.165) is 43.1 Å². The Kier molecular flexibility index (Phi) is 8.98. The number of anilines is 1. The number of carbonyl (C=O) groups is 2. The van der Waals surface area contributed by atoms with Gasteiger partial charge in [-0.25, -0.2) is 0 Å². The fraction of sp³-hybridized carbons (Fsp3) is 0.619. The van der Waals surface area contributed by atoms with E-state index >= 15 is 0 Å². The van der Waals surface area contributed by atoms with Crippen LogP contribution in [-0.2, 0) is 9.59 Å². The molecule has 0 aliphatic heterocycles. The van der Waals surface area contributed by atoms with E-state index in [1.54, 1.807) is 43.1 Å². The summed E-state index contributed by atoms with van der Waals surface area (Å²) in [7, 11) is 1.61. The highest BCUT2D eigenvalue weighted by Crippen LogP contribution is 2.30. The highest BCUT2D eigenvalue weighted by Gasteiger charge is 2.28. The number of rotatable bonds is 9. The number of thioether (sulfide) groups is 1. The lowest BCUT2D eigenvalue weighted by Gasteiger charge is -2.28. The third kappa shape index (κ3) is 6.76. The molecular formula is C21H32N2O3S. The summed E-state index contributed by atoms with van der Waals surface area (Å²) in [5.41, 5.74) is 0.702. The topological polar surface area (TPSA) is 67.4 Å². The summed E-state index contributed by atoms with van der Waals surface area (Å²) in [4.78, 5) is 25.4. The zero-order valence-electron chi connectivity index (χ0n) is 16.6. The van der Waals surface area contributed by atoms with Crippen molar-refractivity contribution in [3.63, 3.8) is 0 Å². The van der Waals surface area contributed by atoms with Gasteiger partial charge in [0.25, 0.3) is 0 Å². The summed E-state index contributed by atoms with van der Waals surface area (Å²) < 4.78 is 5.14. The molecule has 2 amide bonds. The van der Waals surface area contributed by atoms with E-state index in [4.69, 9.17) is 4.74 Å². The first-order valence-corrected chi connectivity index (χ1v) is 11.2. The fourth-order valence-electron chi connectivity index (χ4n) is 3.53. The molecule has 0 heterocycles. The predicted molar refractivity (Wildman–Crippen MR) is 112 cm³/mol. The molecule has 0 spiro atoms. The van der Waals surface area contributed by atoms with Crippen LogP contribution in [0.25, 0.3) is 0 Å². The van der Waals surface area contributed by atoms with Crippen molar-refractivity contribution in [3.05, 3.63) is 24.3 Å². The van der Waals surface area contributed by atoms with Gasteiger partial charge >= 0.3 is 0 Å². The lowest BCUT2D eigenvalue weighted by Crippen LogP contribution is -2.47. The molecule has 1 aromatic carbocycles. The zero-order valence-corrected chi connectivity index (χ0v) is 17.4. The van der Waals surface area contributed by atoms with Crippen molar-refractivity contribution < 1.29 is 14.3 Å². The average Bonchev–Trinajstić information content (AvgIpc) is 2.71. The van der Waals surface area contributed by atoms with Crippen LogP contribution < -0.4 is 15.4 Å². The molecule has 1 aromatic rings. The first-order chi connectivity index (χ1) is 13.1. The third-order valence-electron chi connectivity index (χ3n) is 5.40. The Bertz CT molecular complexity index is 598. The van der Waals surface area contributed by atoms with Crippen LogP contribution in [0.4, 0.5) is 5.69 Å². The number of ether oxygens (including phenoxy) is 1. The maximum Gasteiger partial charge on any atom is 0.246 e. The van der Waals surface area contributed by atoms with Gasteiger partial charge in [-0.2, -0.15) is 11.8 Å². The van der Waals surface area contributed by atoms with Crippen molar-refractivity contribution in [1.29, 1.82) is 0 Å². The number of amides is 2. The van der Waals surface area contributed by atoms with Gasteiger partial charge in [-0.15, -0.1) is 0 Å². The fourth-order valence-corrected chi connectivity index (χ4v) is 4.00. The molecule has 1 aliphatic rings. The SMILES string of the molecule is CCC1CCC(C(=O)NC(CCSC)C(=O)Nc2ccc(OC)cc2)CC1. The summed E-state index contributed by atoms with van der Waals surface area (Å²) in [5.74, 6) is 2.22. The molecular weight excluding hydrogens is 360 g/mol. The maximum atomic E-state index is 12.7. The number of nitrogens with one attached hydrogen (secondary N) is 2. The van der Waals surface area contributed by atoms with Crippen LogP contribution in [0.1, 0.15) is 45.4 Å². The zero-order chi connectivity index (χ0) is 19.6. The van der Waals surface area contributed by atoms with E-state index in [9.17, 15) is 9.59 Å². The Balaban J connectivity index is 1.94. The molecule has 0 aromatic heterocycles. The van der Waals surface area contributed by atoms with E-state index < -0.39 is 6.04 Å². The lowest BCUT2D eigenvalue weighted by atomic mass is 9.80. The van der Waals surface area contributed by atoms with Crippen LogP contribution in [0, 0.1) is 11.8 Å². The smallest absolute Gasteiger partial charge is 0.246 e. The van der Waals surface area contributed by atoms with Crippen LogP contribution in [0.3, 0.4) is 0 Å². The maximum absolute atomic E-state index is 12.7. The second kappa shape index (κ2) is 11.2. The molecule has 27 heavy (non-hydrogen) atoms. The minimum atomic E-state index is -0.504. The summed E-state index contributed by atoms with van der Waals surface area (Å²) in [6.07, 6.45) is 7.91. The van der Waals surface area contributed by atoms with Crippen molar-refractivity contribution in [2.45, 2.75) is 51.5 Å². The number of hydrogen-bond donors (Lipinski definition) is 2. The molecule has 2 rings (SSSR count). The Morgan fingerprint density at radius 3 is 2.41 bits per heavy atom. The van der Waals surface area contributed by atoms with Gasteiger partial charge in [0.2, 0.25) is 11.8 Å². The van der Waals surface area contributed by atoms with Crippen LogP contribution in [0.2, 0.25) is 0 Å². The van der Waals surface area contributed by atoms with Gasteiger partial charge < -0.3 is 15.4 Å². The van der Waals surface area contributed by atoms with Crippen molar-refractivity contribution in [2.24, 2.45) is 11.8 Å². The third-order valence-corrected chi connectivity index (χ3v) is 6.04. The minimum absolute atomic E-state index is 0.0283. The van der Waals surface area contributed by atoms with Crippen molar-refractivity contribution in [2.75, 3.05) is 24.4 Å². The predicted octanol–water partition coefficient (Wildman–Crippen LogP) is 4.09. The van der Waals surface area contributed by atoms with Gasteiger partial charge in [0.05, 0.1) is 7.11 Å². The Hall–Kier alpha value is -1.69. The molecule has 5 nitrogen and oxygen atoms in total. The summed E-state index contributed by atoms with van der Waals surface area (Å²) >= 11 is 1.68. The molecule has 150 valence electrons. The minimum Gasteiger partial charge on any atom is -0.497 e. The molecule has 1 unspecified atom stereocenters. The molecule has 1 atom stereocenters. The van der Waals surface area contributed by atoms with Gasteiger partial charge in [-0.1, -0.05) is 13.3 Å². The Morgan fingerprint density at radius 2 is 1.85 bits per heavy atom. The molecule has 2 N–H and O–H groups in total. The van der Waals surface area contributed by atoms with E-state index in [1.165, 1.54) is 6.42 Å². The van der Waals surface area contributed by atoms with Gasteiger partial charge in [0, 0.05) is 11.6 Å². The summed E-state index contributed by atoms with van der Waals surface area (Å²) in [6.45, 7) is 2.22. The standard InChI is InChI=1S/C21H32N2O3S/c1-4-15-5-7-16(8-6-15)20(24)23-19(13-14-27-3)21(25)22-17-9-11-18(26-2)12-10-17/h9-12,15-16,19H,4-8,13-14H2,1-3H3,(H,22,25)(H,23,24). The molecule has 1 aliphatic carbocycles. The van der Waals surface area contributed by atoms with Crippen LogP contribution in [-0.4, -0.2) is 37.0 Å². The number of carbonyl (C=O) groups excluding carboxylic acids is 2. The molecule has 6 heteroatoms. The van der Waals surface area contributed by atoms with Gasteiger partial charge in [-0.05, 0) is 74.3 Å². The highest BCUT2D eigenvalue weighted by atomic mass is 32.2. The van der Waals surface area contributed by atoms with Gasteiger partial charge in [0.1, 0.15) is 11.8 Å². The van der Waals surface area contributed by atoms with E-state index in [1.807, 2.05) is 6.26 Å². The molecule has 0 radical (unpaired) electrons. The Morgan fingerprint density at radius 1 is 1.19 bits per heavy atom. The van der Waals surface area contributed by atoms with E-state index in [0.29, 0.717) is 12.1 Å². The molecule has 0 bridgehead atoms. The Labute approximate surface area is 167 Å².